The fourth-order valence-corrected chi connectivity index (χ4v) is 3.18. The summed E-state index contributed by atoms with van der Waals surface area (Å²) in [6.07, 6.45) is 4.82. The van der Waals surface area contributed by atoms with Crippen LogP contribution in [-0.2, 0) is 30.3 Å². The van der Waals surface area contributed by atoms with Crippen molar-refractivity contribution in [3.05, 3.63) is 53.3 Å². The number of urea groups is 1. The zero-order chi connectivity index (χ0) is 17.3. The molecule has 1 fully saturated rings. The summed E-state index contributed by atoms with van der Waals surface area (Å²) in [4.78, 5) is 26.8. The lowest BCUT2D eigenvalue weighted by Gasteiger charge is -2.23. The lowest BCUT2D eigenvalue weighted by Crippen LogP contribution is -2.43. The first kappa shape index (κ1) is 16.2. The summed E-state index contributed by atoms with van der Waals surface area (Å²) in [6, 6.07) is 7.63. The Labute approximate surface area is 141 Å². The molecule has 0 bridgehead atoms. The van der Waals surface area contributed by atoms with Crippen LogP contribution in [0.2, 0.25) is 0 Å². The second-order valence-electron chi connectivity index (χ2n) is 6.16. The van der Waals surface area contributed by atoms with Gasteiger partial charge in [0.2, 0.25) is 0 Å². The maximum absolute atomic E-state index is 13.0. The average molecular weight is 326 g/mol. The van der Waals surface area contributed by atoms with Gasteiger partial charge in [-0.1, -0.05) is 38.1 Å². The molecule has 0 radical (unpaired) electrons. The van der Waals surface area contributed by atoms with E-state index in [9.17, 15) is 9.59 Å². The van der Waals surface area contributed by atoms with Crippen LogP contribution in [-0.4, -0.2) is 26.6 Å². The van der Waals surface area contributed by atoms with E-state index in [1.54, 1.807) is 24.1 Å². The molecule has 1 aromatic carbocycles. The van der Waals surface area contributed by atoms with Crippen LogP contribution in [0.5, 0.6) is 0 Å². The number of imide groups is 1. The van der Waals surface area contributed by atoms with E-state index >= 15 is 0 Å². The second kappa shape index (κ2) is 6.11. The molecule has 1 unspecified atom stereocenters. The highest BCUT2D eigenvalue weighted by Gasteiger charge is 2.51. The largest absolute Gasteiger partial charge is 0.325 e. The third kappa shape index (κ3) is 2.58. The molecule has 1 aliphatic rings. The van der Waals surface area contributed by atoms with Crippen molar-refractivity contribution >= 4 is 11.9 Å². The molecule has 1 aromatic heterocycles. The Kier molecular flexibility index (Phi) is 4.13. The molecule has 1 saturated heterocycles. The molecule has 3 rings (SSSR count). The molecule has 2 heterocycles. The van der Waals surface area contributed by atoms with E-state index in [0.717, 1.165) is 17.5 Å². The number of carbonyl (C=O) groups is 2. The highest BCUT2D eigenvalue weighted by atomic mass is 16.2. The van der Waals surface area contributed by atoms with Crippen molar-refractivity contribution < 1.29 is 9.59 Å². The van der Waals surface area contributed by atoms with Gasteiger partial charge in [0, 0.05) is 18.8 Å². The van der Waals surface area contributed by atoms with Crippen LogP contribution < -0.4 is 5.32 Å². The van der Waals surface area contributed by atoms with Crippen LogP contribution >= 0.6 is 0 Å². The van der Waals surface area contributed by atoms with Crippen LogP contribution in [0.3, 0.4) is 0 Å². The fourth-order valence-electron chi connectivity index (χ4n) is 3.18. The van der Waals surface area contributed by atoms with Gasteiger partial charge in [-0.3, -0.25) is 14.4 Å². The summed E-state index contributed by atoms with van der Waals surface area (Å²) < 4.78 is 1.64. The van der Waals surface area contributed by atoms with Crippen molar-refractivity contribution in [2.75, 3.05) is 0 Å². The van der Waals surface area contributed by atoms with Crippen LogP contribution in [0.1, 0.15) is 37.0 Å². The Hall–Kier alpha value is -2.63. The minimum Gasteiger partial charge on any atom is -0.319 e. The SMILES string of the molecule is CCc1cccc(CN2C(=O)NC(CC)(c3cnn(C)c3)C2=O)c1. The molecular weight excluding hydrogens is 304 g/mol. The fraction of sp³-hybridized carbons (Fsp3) is 0.389. The highest BCUT2D eigenvalue weighted by Crippen LogP contribution is 2.32. The maximum Gasteiger partial charge on any atom is 0.325 e. The van der Waals surface area contributed by atoms with E-state index in [1.807, 2.05) is 31.2 Å². The smallest absolute Gasteiger partial charge is 0.319 e. The average Bonchev–Trinajstić information content (AvgIpc) is 3.12. The van der Waals surface area contributed by atoms with Gasteiger partial charge >= 0.3 is 6.03 Å². The zero-order valence-corrected chi connectivity index (χ0v) is 14.2. The number of carbonyl (C=O) groups excluding carboxylic acids is 2. The predicted molar refractivity (Wildman–Crippen MR) is 90.1 cm³/mol. The molecule has 0 aliphatic carbocycles. The van der Waals surface area contributed by atoms with Crippen molar-refractivity contribution in [2.45, 2.75) is 38.8 Å². The van der Waals surface area contributed by atoms with Crippen LogP contribution in [0.4, 0.5) is 4.79 Å². The van der Waals surface area contributed by atoms with E-state index in [1.165, 1.54) is 10.5 Å². The van der Waals surface area contributed by atoms with E-state index in [0.29, 0.717) is 6.42 Å². The molecule has 0 spiro atoms. The van der Waals surface area contributed by atoms with Crippen molar-refractivity contribution in [3.8, 4) is 0 Å². The Balaban J connectivity index is 1.90. The summed E-state index contributed by atoms with van der Waals surface area (Å²) >= 11 is 0. The van der Waals surface area contributed by atoms with Gasteiger partial charge in [0.25, 0.3) is 5.91 Å². The minimum absolute atomic E-state index is 0.218. The van der Waals surface area contributed by atoms with Gasteiger partial charge in [-0.05, 0) is 24.0 Å². The van der Waals surface area contributed by atoms with Gasteiger partial charge in [-0.2, -0.15) is 5.10 Å². The van der Waals surface area contributed by atoms with E-state index in [2.05, 4.69) is 17.3 Å². The normalized spacial score (nSPS) is 20.5. The third-order valence-corrected chi connectivity index (χ3v) is 4.64. The van der Waals surface area contributed by atoms with Crippen LogP contribution in [0, 0.1) is 0 Å². The summed E-state index contributed by atoms with van der Waals surface area (Å²) in [7, 11) is 1.79. The number of rotatable bonds is 5. The van der Waals surface area contributed by atoms with Crippen molar-refractivity contribution in [1.82, 2.24) is 20.0 Å². The van der Waals surface area contributed by atoms with Crippen LogP contribution in [0.15, 0.2) is 36.7 Å². The number of nitrogens with one attached hydrogen (secondary N) is 1. The van der Waals surface area contributed by atoms with Gasteiger partial charge in [0.05, 0.1) is 12.7 Å². The quantitative estimate of drug-likeness (QED) is 0.858. The molecule has 3 amide bonds. The summed E-state index contributed by atoms with van der Waals surface area (Å²) in [5.41, 5.74) is 1.84. The second-order valence-corrected chi connectivity index (χ2v) is 6.16. The van der Waals surface area contributed by atoms with Gasteiger partial charge in [0.15, 0.2) is 0 Å². The topological polar surface area (TPSA) is 67.2 Å². The third-order valence-electron chi connectivity index (χ3n) is 4.64. The molecule has 126 valence electrons. The number of aryl methyl sites for hydroxylation is 2. The lowest BCUT2D eigenvalue weighted by molar-refractivity contribution is -0.132. The monoisotopic (exact) mass is 326 g/mol. The first-order valence-electron chi connectivity index (χ1n) is 8.21. The minimum atomic E-state index is -1.02. The van der Waals surface area contributed by atoms with Crippen molar-refractivity contribution in [1.29, 1.82) is 0 Å². The highest BCUT2D eigenvalue weighted by molar-refractivity contribution is 6.07. The number of nitrogens with zero attached hydrogens (tertiary/aromatic N) is 3. The summed E-state index contributed by atoms with van der Waals surface area (Å²) in [5, 5.41) is 7.02. The lowest BCUT2D eigenvalue weighted by atomic mass is 9.89. The van der Waals surface area contributed by atoms with Crippen LogP contribution in [0.25, 0.3) is 0 Å². The summed E-state index contributed by atoms with van der Waals surface area (Å²) in [6.45, 7) is 4.25. The van der Waals surface area contributed by atoms with Gasteiger partial charge in [0.1, 0.15) is 5.54 Å². The molecule has 1 atom stereocenters. The number of aromatic nitrogens is 2. The van der Waals surface area contributed by atoms with Gasteiger partial charge in [-0.15, -0.1) is 0 Å². The molecule has 1 aliphatic heterocycles. The standard InChI is InChI=1S/C18H22N4O2/c1-4-13-7-6-8-14(9-13)11-22-16(23)18(5-2,20-17(22)24)15-10-19-21(3)12-15/h6-10,12H,4-5,11H2,1-3H3,(H,20,24). The van der Waals surface area contributed by atoms with E-state index in [-0.39, 0.29) is 18.5 Å². The Morgan fingerprint density at radius 2 is 1.96 bits per heavy atom. The number of benzene rings is 1. The number of hydrogen-bond donors (Lipinski definition) is 1. The number of hydrogen-bond acceptors (Lipinski definition) is 3. The molecule has 0 saturated carbocycles. The molecule has 24 heavy (non-hydrogen) atoms. The van der Waals surface area contributed by atoms with E-state index in [4.69, 9.17) is 0 Å². The Morgan fingerprint density at radius 3 is 2.58 bits per heavy atom. The molecule has 2 aromatic rings. The summed E-state index contributed by atoms with van der Waals surface area (Å²) in [5.74, 6) is -0.218. The molecule has 6 nitrogen and oxygen atoms in total. The molecule has 6 heteroatoms. The first-order valence-corrected chi connectivity index (χ1v) is 8.21. The van der Waals surface area contributed by atoms with Gasteiger partial charge in [-0.25, -0.2) is 4.79 Å². The molecule has 1 N–H and O–H groups in total. The van der Waals surface area contributed by atoms with Gasteiger partial charge < -0.3 is 5.32 Å². The molecular formula is C18H22N4O2. The van der Waals surface area contributed by atoms with Crippen molar-refractivity contribution in [3.63, 3.8) is 0 Å². The van der Waals surface area contributed by atoms with Crippen molar-refractivity contribution in [2.24, 2.45) is 7.05 Å². The predicted octanol–water partition coefficient (Wildman–Crippen LogP) is 2.34. The Bertz CT molecular complexity index is 783. The number of amides is 3. The first-order chi connectivity index (χ1) is 11.5. The maximum atomic E-state index is 13.0. The van der Waals surface area contributed by atoms with E-state index < -0.39 is 5.54 Å². The zero-order valence-electron chi connectivity index (χ0n) is 14.2. The Morgan fingerprint density at radius 1 is 1.21 bits per heavy atom.